The molecule has 0 bridgehead atoms. The number of hydrogen-bond donors (Lipinski definition) is 1. The van der Waals surface area contributed by atoms with E-state index in [1.807, 2.05) is 6.92 Å². The Kier molecular flexibility index (Phi) is 3.07. The van der Waals surface area contributed by atoms with Crippen LogP contribution in [0.2, 0.25) is 0 Å². The second-order valence-electron chi connectivity index (χ2n) is 2.13. The van der Waals surface area contributed by atoms with Gasteiger partial charge in [-0.3, -0.25) is 0 Å². The van der Waals surface area contributed by atoms with E-state index in [-0.39, 0.29) is 0 Å². The van der Waals surface area contributed by atoms with E-state index in [9.17, 15) is 0 Å². The molecule has 62 valence electrons. The van der Waals surface area contributed by atoms with E-state index in [1.54, 1.807) is 18.6 Å². The molecule has 0 spiro atoms. The Labute approximate surface area is 70.9 Å². The molecular weight excluding hydrogens is 152 g/mol. The predicted molar refractivity (Wildman–Crippen MR) is 48.4 cm³/mol. The number of aliphatic imine (C=N–C) groups is 1. The third kappa shape index (κ3) is 1.95. The fourth-order valence-corrected chi connectivity index (χ4v) is 0.720. The van der Waals surface area contributed by atoms with E-state index in [1.165, 1.54) is 0 Å². The Bertz CT molecular complexity index is 293. The van der Waals surface area contributed by atoms with Gasteiger partial charge in [0.25, 0.3) is 0 Å². The Morgan fingerprint density at radius 3 is 2.92 bits per heavy atom. The van der Waals surface area contributed by atoms with Gasteiger partial charge >= 0.3 is 0 Å². The molecule has 0 radical (unpaired) electrons. The van der Waals surface area contributed by atoms with Gasteiger partial charge in [-0.15, -0.1) is 0 Å². The zero-order chi connectivity index (χ0) is 8.81. The van der Waals surface area contributed by atoms with Crippen molar-refractivity contribution in [3.63, 3.8) is 0 Å². The zero-order valence-electron chi connectivity index (χ0n) is 6.86. The molecule has 0 unspecified atom stereocenters. The molecule has 0 fully saturated rings. The summed E-state index contributed by atoms with van der Waals surface area (Å²) in [7, 11) is 0. The molecule has 4 nitrogen and oxygen atoms in total. The monoisotopic (exact) mass is 162 g/mol. The Morgan fingerprint density at radius 1 is 1.50 bits per heavy atom. The molecule has 1 aromatic heterocycles. The van der Waals surface area contributed by atoms with Crippen LogP contribution in [-0.4, -0.2) is 22.4 Å². The predicted octanol–water partition coefficient (Wildman–Crippen LogP) is 1.59. The van der Waals surface area contributed by atoms with Crippen LogP contribution in [-0.2, 0) is 0 Å². The highest BCUT2D eigenvalue weighted by atomic mass is 14.9. The maximum atomic E-state index is 7.02. The van der Waals surface area contributed by atoms with Crippen molar-refractivity contribution in [3.05, 3.63) is 18.1 Å². The lowest BCUT2D eigenvalue weighted by atomic mass is 10.4. The summed E-state index contributed by atoms with van der Waals surface area (Å²) in [5.41, 5.74) is 0.502. The lowest BCUT2D eigenvalue weighted by Gasteiger charge is -1.94. The van der Waals surface area contributed by atoms with Gasteiger partial charge in [-0.1, -0.05) is 6.92 Å². The van der Waals surface area contributed by atoms with E-state index in [0.717, 1.165) is 12.6 Å². The minimum atomic E-state index is 0.502. The van der Waals surface area contributed by atoms with Gasteiger partial charge in [0.15, 0.2) is 5.82 Å². The summed E-state index contributed by atoms with van der Waals surface area (Å²) in [6.07, 6.45) is 6.86. The van der Waals surface area contributed by atoms with E-state index >= 15 is 0 Å². The van der Waals surface area contributed by atoms with Gasteiger partial charge in [0.1, 0.15) is 5.69 Å². The maximum absolute atomic E-state index is 7.02. The summed E-state index contributed by atoms with van der Waals surface area (Å²) in [4.78, 5) is 12.0. The Balaban J connectivity index is 2.96. The normalized spacial score (nSPS) is 10.4. The molecule has 1 rings (SSSR count). The third-order valence-corrected chi connectivity index (χ3v) is 1.24. The molecular formula is C8H10N4. The van der Waals surface area contributed by atoms with Crippen LogP contribution in [0.5, 0.6) is 0 Å². The molecule has 0 aliphatic heterocycles. The van der Waals surface area contributed by atoms with Crippen LogP contribution in [0.15, 0.2) is 17.4 Å². The first-order chi connectivity index (χ1) is 5.88. The topological polar surface area (TPSA) is 62.0 Å². The zero-order valence-corrected chi connectivity index (χ0v) is 6.86. The quantitative estimate of drug-likeness (QED) is 0.686. The minimum absolute atomic E-state index is 0.502. The average Bonchev–Trinajstić information content (AvgIpc) is 2.15. The largest absolute Gasteiger partial charge is 0.306 e. The number of hydrogen-bond acceptors (Lipinski definition) is 4. The number of nitrogens with zero attached hydrogens (tertiary/aromatic N) is 3. The van der Waals surface area contributed by atoms with Crippen LogP contribution >= 0.6 is 0 Å². The van der Waals surface area contributed by atoms with Crippen molar-refractivity contribution in [1.29, 1.82) is 5.41 Å². The molecule has 4 heteroatoms. The van der Waals surface area contributed by atoms with Crippen LogP contribution in [0.25, 0.3) is 0 Å². The van der Waals surface area contributed by atoms with Crippen molar-refractivity contribution < 1.29 is 0 Å². The summed E-state index contributed by atoms with van der Waals surface area (Å²) in [5.74, 6) is 0.509. The van der Waals surface area contributed by atoms with Crippen LogP contribution in [0.3, 0.4) is 0 Å². The summed E-state index contributed by atoms with van der Waals surface area (Å²) in [5, 5.41) is 7.02. The molecule has 0 aromatic carbocycles. The lowest BCUT2D eigenvalue weighted by molar-refractivity contribution is 1.15. The fourth-order valence-electron chi connectivity index (χ4n) is 0.720. The SMILES string of the molecule is CCC=Nc1nccnc1C=N. The maximum Gasteiger partial charge on any atom is 0.179 e. The van der Waals surface area contributed by atoms with Gasteiger partial charge < -0.3 is 5.41 Å². The Morgan fingerprint density at radius 2 is 2.25 bits per heavy atom. The first-order valence-electron chi connectivity index (χ1n) is 3.72. The van der Waals surface area contributed by atoms with E-state index in [4.69, 9.17) is 5.41 Å². The Hall–Kier alpha value is -1.58. The van der Waals surface area contributed by atoms with Crippen molar-refractivity contribution in [2.75, 3.05) is 0 Å². The van der Waals surface area contributed by atoms with Gasteiger partial charge in [-0.25, -0.2) is 15.0 Å². The lowest BCUT2D eigenvalue weighted by Crippen LogP contribution is -1.89. The molecule has 0 aliphatic carbocycles. The fraction of sp³-hybridized carbons (Fsp3) is 0.250. The van der Waals surface area contributed by atoms with Gasteiger partial charge in [0.2, 0.25) is 0 Å². The van der Waals surface area contributed by atoms with Gasteiger partial charge in [0, 0.05) is 24.8 Å². The van der Waals surface area contributed by atoms with Gasteiger partial charge in [-0.2, -0.15) is 0 Å². The third-order valence-electron chi connectivity index (χ3n) is 1.24. The van der Waals surface area contributed by atoms with Crippen molar-refractivity contribution in [3.8, 4) is 0 Å². The van der Waals surface area contributed by atoms with Crippen LogP contribution in [0.4, 0.5) is 5.82 Å². The first-order valence-corrected chi connectivity index (χ1v) is 3.72. The smallest absolute Gasteiger partial charge is 0.179 e. The molecule has 1 heterocycles. The van der Waals surface area contributed by atoms with Crippen LogP contribution in [0, 0.1) is 5.41 Å². The second-order valence-corrected chi connectivity index (χ2v) is 2.13. The van der Waals surface area contributed by atoms with Crippen molar-refractivity contribution in [2.45, 2.75) is 13.3 Å². The van der Waals surface area contributed by atoms with Gasteiger partial charge in [-0.05, 0) is 6.42 Å². The van der Waals surface area contributed by atoms with E-state index in [2.05, 4.69) is 15.0 Å². The van der Waals surface area contributed by atoms with E-state index in [0.29, 0.717) is 11.5 Å². The molecule has 0 atom stereocenters. The number of nitrogens with one attached hydrogen (secondary N) is 1. The summed E-state index contributed by atoms with van der Waals surface area (Å²) < 4.78 is 0. The van der Waals surface area contributed by atoms with Gasteiger partial charge in [0.05, 0.1) is 0 Å². The van der Waals surface area contributed by atoms with Crippen molar-refractivity contribution in [1.82, 2.24) is 9.97 Å². The summed E-state index contributed by atoms with van der Waals surface area (Å²) >= 11 is 0. The average molecular weight is 162 g/mol. The highest BCUT2D eigenvalue weighted by molar-refractivity contribution is 5.81. The van der Waals surface area contributed by atoms with Crippen LogP contribution in [0.1, 0.15) is 19.0 Å². The molecule has 0 saturated heterocycles. The van der Waals surface area contributed by atoms with Crippen molar-refractivity contribution in [2.24, 2.45) is 4.99 Å². The summed E-state index contributed by atoms with van der Waals surface area (Å²) in [6, 6.07) is 0. The molecule has 1 N–H and O–H groups in total. The van der Waals surface area contributed by atoms with E-state index < -0.39 is 0 Å². The molecule has 0 amide bonds. The molecule has 1 aromatic rings. The highest BCUT2D eigenvalue weighted by Gasteiger charge is 1.97. The molecule has 0 aliphatic rings. The summed E-state index contributed by atoms with van der Waals surface area (Å²) in [6.45, 7) is 1.99. The number of aromatic nitrogens is 2. The first kappa shape index (κ1) is 8.52. The second kappa shape index (κ2) is 4.33. The highest BCUT2D eigenvalue weighted by Crippen LogP contribution is 2.08. The molecule has 0 saturated carbocycles. The number of rotatable bonds is 3. The van der Waals surface area contributed by atoms with Crippen molar-refractivity contribution >= 4 is 18.2 Å². The van der Waals surface area contributed by atoms with Crippen LogP contribution < -0.4 is 0 Å². The standard InChI is InChI=1S/C8H10N4/c1-2-3-11-8-7(6-9)10-4-5-12-8/h3-6,9H,2H2,1H3. The minimum Gasteiger partial charge on any atom is -0.306 e. The molecule has 12 heavy (non-hydrogen) atoms.